The fourth-order valence-electron chi connectivity index (χ4n) is 2.12. The number of nitrogens with zero attached hydrogens (tertiary/aromatic N) is 2. The summed E-state index contributed by atoms with van der Waals surface area (Å²) in [5.74, 6) is -0.902. The maximum absolute atomic E-state index is 10.9. The number of carbonyl (C=O) groups is 1. The van der Waals surface area contributed by atoms with Crippen LogP contribution in [0.4, 0.5) is 5.69 Å². The van der Waals surface area contributed by atoms with Gasteiger partial charge in [-0.2, -0.15) is 0 Å². The van der Waals surface area contributed by atoms with Crippen molar-refractivity contribution in [1.82, 2.24) is 9.55 Å². The summed E-state index contributed by atoms with van der Waals surface area (Å²) in [6.45, 7) is 5.66. The van der Waals surface area contributed by atoms with Crippen LogP contribution in [0.1, 0.15) is 35.0 Å². The predicted octanol–water partition coefficient (Wildman–Crippen LogP) is 2.91. The highest BCUT2D eigenvalue weighted by atomic mass is 16.4. The lowest BCUT2D eigenvalue weighted by Crippen LogP contribution is -2.08. The van der Waals surface area contributed by atoms with Crippen LogP contribution in [0.5, 0.6) is 0 Å². The summed E-state index contributed by atoms with van der Waals surface area (Å²) < 4.78 is 2.12. The summed E-state index contributed by atoms with van der Waals surface area (Å²) in [5.41, 5.74) is 3.29. The van der Waals surface area contributed by atoms with Crippen molar-refractivity contribution in [2.24, 2.45) is 0 Å². The van der Waals surface area contributed by atoms with Gasteiger partial charge in [0.15, 0.2) is 0 Å². The molecule has 0 aliphatic carbocycles. The van der Waals surface area contributed by atoms with Gasteiger partial charge in [-0.15, -0.1) is 0 Å². The van der Waals surface area contributed by atoms with Crippen molar-refractivity contribution in [2.45, 2.75) is 33.4 Å². The minimum Gasteiger partial charge on any atom is -0.478 e. The molecular formula is C15H19N3O2. The molecule has 0 aliphatic rings. The van der Waals surface area contributed by atoms with E-state index in [0.29, 0.717) is 12.1 Å². The molecule has 0 bridgehead atoms. The Hall–Kier alpha value is -2.30. The van der Waals surface area contributed by atoms with Crippen LogP contribution in [0.25, 0.3) is 0 Å². The maximum Gasteiger partial charge on any atom is 0.335 e. The molecule has 1 aromatic carbocycles. The number of aromatic carboxylic acids is 1. The number of benzene rings is 1. The smallest absolute Gasteiger partial charge is 0.335 e. The van der Waals surface area contributed by atoms with Gasteiger partial charge in [-0.25, -0.2) is 9.78 Å². The Morgan fingerprint density at radius 2 is 2.25 bits per heavy atom. The van der Waals surface area contributed by atoms with Gasteiger partial charge in [0.1, 0.15) is 0 Å². The van der Waals surface area contributed by atoms with Crippen molar-refractivity contribution in [3.05, 3.63) is 47.5 Å². The second kappa shape index (κ2) is 6.23. The first-order valence-corrected chi connectivity index (χ1v) is 6.68. The first-order chi connectivity index (χ1) is 9.61. The highest BCUT2D eigenvalue weighted by molar-refractivity contribution is 5.88. The maximum atomic E-state index is 10.9. The fourth-order valence-corrected chi connectivity index (χ4v) is 2.12. The molecule has 5 nitrogen and oxygen atoms in total. The van der Waals surface area contributed by atoms with Crippen LogP contribution in [0.2, 0.25) is 0 Å². The summed E-state index contributed by atoms with van der Waals surface area (Å²) >= 11 is 0. The molecular weight excluding hydrogens is 254 g/mol. The summed E-state index contributed by atoms with van der Waals surface area (Å²) in [4.78, 5) is 15.1. The largest absolute Gasteiger partial charge is 0.478 e. The van der Waals surface area contributed by atoms with E-state index in [4.69, 9.17) is 5.11 Å². The summed E-state index contributed by atoms with van der Waals surface area (Å²) in [7, 11) is 0. The Kier molecular flexibility index (Phi) is 4.40. The Labute approximate surface area is 118 Å². The second-order valence-electron chi connectivity index (χ2n) is 4.77. The average molecular weight is 273 g/mol. The molecule has 0 radical (unpaired) electrons. The number of aryl methyl sites for hydroxylation is 2. The van der Waals surface area contributed by atoms with Gasteiger partial charge < -0.3 is 15.0 Å². The third kappa shape index (κ3) is 3.17. The molecule has 20 heavy (non-hydrogen) atoms. The van der Waals surface area contributed by atoms with Crippen LogP contribution in [-0.2, 0) is 13.1 Å². The number of carboxylic acid groups (broad SMARTS) is 1. The fraction of sp³-hybridized carbons (Fsp3) is 0.333. The number of imidazole rings is 1. The Morgan fingerprint density at radius 3 is 2.90 bits per heavy atom. The van der Waals surface area contributed by atoms with Crippen molar-refractivity contribution in [2.75, 3.05) is 5.32 Å². The minimum atomic E-state index is -0.902. The van der Waals surface area contributed by atoms with Gasteiger partial charge in [-0.05, 0) is 37.1 Å². The summed E-state index contributed by atoms with van der Waals surface area (Å²) in [6, 6.07) is 5.09. The van der Waals surface area contributed by atoms with Gasteiger partial charge in [0, 0.05) is 18.4 Å². The topological polar surface area (TPSA) is 67.2 Å². The number of rotatable bonds is 6. The molecule has 0 fully saturated rings. The van der Waals surface area contributed by atoms with E-state index in [-0.39, 0.29) is 0 Å². The van der Waals surface area contributed by atoms with Crippen molar-refractivity contribution in [1.29, 1.82) is 0 Å². The van der Waals surface area contributed by atoms with E-state index in [1.54, 1.807) is 18.2 Å². The van der Waals surface area contributed by atoms with E-state index in [0.717, 1.165) is 29.9 Å². The first-order valence-electron chi connectivity index (χ1n) is 6.68. The molecule has 106 valence electrons. The summed E-state index contributed by atoms with van der Waals surface area (Å²) in [5, 5.41) is 12.3. The van der Waals surface area contributed by atoms with Gasteiger partial charge in [0.25, 0.3) is 0 Å². The number of hydrogen-bond donors (Lipinski definition) is 2. The van der Waals surface area contributed by atoms with E-state index in [1.807, 2.05) is 19.4 Å². The second-order valence-corrected chi connectivity index (χ2v) is 4.77. The lowest BCUT2D eigenvalue weighted by molar-refractivity contribution is 0.0697. The quantitative estimate of drug-likeness (QED) is 0.849. The van der Waals surface area contributed by atoms with E-state index in [9.17, 15) is 4.79 Å². The predicted molar refractivity (Wildman–Crippen MR) is 78.0 cm³/mol. The molecule has 0 saturated heterocycles. The SMILES string of the molecule is CCCn1cncc1CNc1ccc(C(=O)O)cc1C. The van der Waals surface area contributed by atoms with Gasteiger partial charge in [-0.1, -0.05) is 6.92 Å². The molecule has 2 N–H and O–H groups in total. The standard InChI is InChI=1S/C15H19N3O2/c1-3-6-18-10-16-8-13(18)9-17-14-5-4-12(15(19)20)7-11(14)2/h4-5,7-8,10,17H,3,6,9H2,1-2H3,(H,19,20). The number of nitrogens with one attached hydrogen (secondary N) is 1. The highest BCUT2D eigenvalue weighted by Crippen LogP contribution is 2.17. The molecule has 0 unspecified atom stereocenters. The number of aromatic nitrogens is 2. The molecule has 5 heteroatoms. The zero-order chi connectivity index (χ0) is 14.5. The van der Waals surface area contributed by atoms with Crippen LogP contribution in [0, 0.1) is 6.92 Å². The van der Waals surface area contributed by atoms with Gasteiger partial charge in [-0.3, -0.25) is 0 Å². The van der Waals surface area contributed by atoms with Crippen molar-refractivity contribution in [3.63, 3.8) is 0 Å². The molecule has 1 heterocycles. The monoisotopic (exact) mass is 273 g/mol. The zero-order valence-electron chi connectivity index (χ0n) is 11.8. The molecule has 2 rings (SSSR count). The summed E-state index contributed by atoms with van der Waals surface area (Å²) in [6.07, 6.45) is 4.75. The number of hydrogen-bond acceptors (Lipinski definition) is 3. The Morgan fingerprint density at radius 1 is 1.45 bits per heavy atom. The zero-order valence-corrected chi connectivity index (χ0v) is 11.8. The number of carboxylic acids is 1. The Balaban J connectivity index is 2.07. The van der Waals surface area contributed by atoms with Gasteiger partial charge in [0.2, 0.25) is 0 Å². The van der Waals surface area contributed by atoms with Crippen LogP contribution in [-0.4, -0.2) is 20.6 Å². The first kappa shape index (κ1) is 14.1. The third-order valence-corrected chi connectivity index (χ3v) is 3.20. The van der Waals surface area contributed by atoms with E-state index in [2.05, 4.69) is 21.8 Å². The van der Waals surface area contributed by atoms with E-state index >= 15 is 0 Å². The molecule has 0 atom stereocenters. The normalized spacial score (nSPS) is 10.5. The average Bonchev–Trinajstić information content (AvgIpc) is 2.85. The molecule has 0 spiro atoms. The molecule has 0 amide bonds. The lowest BCUT2D eigenvalue weighted by Gasteiger charge is -2.11. The van der Waals surface area contributed by atoms with E-state index < -0.39 is 5.97 Å². The van der Waals surface area contributed by atoms with Crippen LogP contribution in [0.15, 0.2) is 30.7 Å². The van der Waals surface area contributed by atoms with Crippen LogP contribution >= 0.6 is 0 Å². The third-order valence-electron chi connectivity index (χ3n) is 3.20. The Bertz CT molecular complexity index is 605. The van der Waals surface area contributed by atoms with E-state index in [1.165, 1.54) is 0 Å². The van der Waals surface area contributed by atoms with Crippen molar-refractivity contribution >= 4 is 11.7 Å². The molecule has 0 aliphatic heterocycles. The minimum absolute atomic E-state index is 0.309. The van der Waals surface area contributed by atoms with Crippen LogP contribution < -0.4 is 5.32 Å². The lowest BCUT2D eigenvalue weighted by atomic mass is 10.1. The van der Waals surface area contributed by atoms with Crippen molar-refractivity contribution < 1.29 is 9.90 Å². The number of anilines is 1. The van der Waals surface area contributed by atoms with Gasteiger partial charge in [0.05, 0.1) is 24.1 Å². The van der Waals surface area contributed by atoms with Crippen LogP contribution in [0.3, 0.4) is 0 Å². The molecule has 0 saturated carbocycles. The highest BCUT2D eigenvalue weighted by Gasteiger charge is 2.06. The molecule has 2 aromatic rings. The van der Waals surface area contributed by atoms with Crippen molar-refractivity contribution in [3.8, 4) is 0 Å². The molecule has 1 aromatic heterocycles. The van der Waals surface area contributed by atoms with Gasteiger partial charge >= 0.3 is 5.97 Å².